The van der Waals surface area contributed by atoms with Crippen molar-refractivity contribution in [2.24, 2.45) is 18.9 Å². The highest BCUT2D eigenvalue weighted by Gasteiger charge is 2.26. The molecule has 0 saturated carbocycles. The minimum atomic E-state index is -0.148. The molecule has 1 atom stereocenters. The third kappa shape index (κ3) is 2.84. The maximum atomic E-state index is 12.1. The molecule has 0 aliphatic carbocycles. The number of esters is 1. The lowest BCUT2D eigenvalue weighted by molar-refractivity contribution is -0.149. The maximum absolute atomic E-state index is 12.1. The van der Waals surface area contributed by atoms with Crippen molar-refractivity contribution >= 4 is 17.0 Å². The lowest BCUT2D eigenvalue weighted by Crippen LogP contribution is -2.26. The van der Waals surface area contributed by atoms with Crippen molar-refractivity contribution in [3.8, 4) is 0 Å². The first-order valence-electron chi connectivity index (χ1n) is 7.11. The summed E-state index contributed by atoms with van der Waals surface area (Å²) in [6.45, 7) is 6.35. The van der Waals surface area contributed by atoms with E-state index < -0.39 is 0 Å². The van der Waals surface area contributed by atoms with Crippen LogP contribution in [0.2, 0.25) is 0 Å². The van der Waals surface area contributed by atoms with E-state index in [0.717, 1.165) is 16.9 Å². The first kappa shape index (κ1) is 14.6. The molecule has 1 aromatic carbocycles. The smallest absolute Gasteiger partial charge is 0.309 e. The molecule has 0 aliphatic rings. The molecule has 1 unspecified atom stereocenters. The zero-order chi connectivity index (χ0) is 14.7. The molecule has 108 valence electrons. The number of rotatable bonds is 5. The van der Waals surface area contributed by atoms with Crippen LogP contribution in [0.4, 0.5) is 0 Å². The fraction of sp³-hybridized carbons (Fsp3) is 0.500. The number of fused-ring (bicyclic) bond motifs is 1. The van der Waals surface area contributed by atoms with Crippen LogP contribution in [0.1, 0.15) is 26.6 Å². The van der Waals surface area contributed by atoms with Gasteiger partial charge >= 0.3 is 5.97 Å². The Hall–Kier alpha value is -1.84. The third-order valence-electron chi connectivity index (χ3n) is 3.68. The molecule has 0 saturated heterocycles. The molecule has 20 heavy (non-hydrogen) atoms. The highest BCUT2D eigenvalue weighted by atomic mass is 16.5. The van der Waals surface area contributed by atoms with Crippen molar-refractivity contribution in [2.45, 2.75) is 27.2 Å². The Kier molecular flexibility index (Phi) is 4.42. The van der Waals surface area contributed by atoms with Gasteiger partial charge in [0.25, 0.3) is 0 Å². The van der Waals surface area contributed by atoms with Gasteiger partial charge in [0.05, 0.1) is 23.6 Å². The Morgan fingerprint density at radius 3 is 2.65 bits per heavy atom. The number of nitrogens with zero attached hydrogens (tertiary/aromatic N) is 2. The number of carbonyl (C=O) groups is 1. The molecule has 1 heterocycles. The van der Waals surface area contributed by atoms with Gasteiger partial charge in [-0.1, -0.05) is 26.0 Å². The number of hydrogen-bond donors (Lipinski definition) is 0. The van der Waals surface area contributed by atoms with Gasteiger partial charge in [0.15, 0.2) is 0 Å². The van der Waals surface area contributed by atoms with Gasteiger partial charge in [0.1, 0.15) is 5.82 Å². The van der Waals surface area contributed by atoms with Crippen molar-refractivity contribution in [3.05, 3.63) is 30.1 Å². The van der Waals surface area contributed by atoms with Crippen molar-refractivity contribution in [1.82, 2.24) is 9.55 Å². The van der Waals surface area contributed by atoms with Crippen LogP contribution in [-0.4, -0.2) is 22.1 Å². The average molecular weight is 274 g/mol. The van der Waals surface area contributed by atoms with E-state index in [9.17, 15) is 4.79 Å². The number of benzene rings is 1. The predicted molar refractivity (Wildman–Crippen MR) is 79.4 cm³/mol. The largest absolute Gasteiger partial charge is 0.466 e. The normalized spacial score (nSPS) is 12.8. The highest BCUT2D eigenvalue weighted by Crippen LogP contribution is 2.21. The van der Waals surface area contributed by atoms with Gasteiger partial charge in [-0.05, 0) is 25.0 Å². The van der Waals surface area contributed by atoms with Crippen molar-refractivity contribution in [3.63, 3.8) is 0 Å². The molecule has 0 N–H and O–H groups in total. The molecule has 0 bridgehead atoms. The fourth-order valence-electron chi connectivity index (χ4n) is 2.42. The summed E-state index contributed by atoms with van der Waals surface area (Å²) in [5.74, 6) is 0.881. The van der Waals surface area contributed by atoms with E-state index in [1.165, 1.54) is 0 Å². The number of hydrogen-bond acceptors (Lipinski definition) is 3. The maximum Gasteiger partial charge on any atom is 0.309 e. The average Bonchev–Trinajstić information content (AvgIpc) is 2.73. The number of aromatic nitrogens is 2. The Bertz CT molecular complexity index is 602. The molecule has 1 aromatic heterocycles. The lowest BCUT2D eigenvalue weighted by Gasteiger charge is -2.18. The van der Waals surface area contributed by atoms with Gasteiger partial charge in [-0.15, -0.1) is 0 Å². The Balaban J connectivity index is 2.29. The molecule has 4 heteroatoms. The fourth-order valence-corrected chi connectivity index (χ4v) is 2.42. The summed E-state index contributed by atoms with van der Waals surface area (Å²) < 4.78 is 7.23. The van der Waals surface area contributed by atoms with Crippen LogP contribution in [0.15, 0.2) is 24.3 Å². The topological polar surface area (TPSA) is 44.1 Å². The molecule has 2 aromatic rings. The minimum Gasteiger partial charge on any atom is -0.466 e. The molecule has 0 aliphatic heterocycles. The van der Waals surface area contributed by atoms with Gasteiger partial charge in [0, 0.05) is 13.5 Å². The Morgan fingerprint density at radius 2 is 2.05 bits per heavy atom. The standard InChI is InChI=1S/C16H22N2O2/c1-5-20-16(19)12(11(2)3)10-15-17-13-8-6-7-9-14(13)18(15)4/h6-9,11-12H,5,10H2,1-4H3. The van der Waals surface area contributed by atoms with Gasteiger partial charge in [-0.2, -0.15) is 0 Å². The second-order valence-electron chi connectivity index (χ2n) is 5.38. The summed E-state index contributed by atoms with van der Waals surface area (Å²) in [7, 11) is 1.99. The number of imidazole rings is 1. The van der Waals surface area contributed by atoms with E-state index in [1.54, 1.807) is 0 Å². The van der Waals surface area contributed by atoms with E-state index in [1.807, 2.05) is 52.1 Å². The van der Waals surface area contributed by atoms with Crippen LogP contribution in [0.3, 0.4) is 0 Å². The van der Waals surface area contributed by atoms with Crippen LogP contribution in [0, 0.1) is 11.8 Å². The summed E-state index contributed by atoms with van der Waals surface area (Å²) in [6, 6.07) is 8.01. The molecular weight excluding hydrogens is 252 g/mol. The predicted octanol–water partition coefficient (Wildman–Crippen LogP) is 2.95. The SMILES string of the molecule is CCOC(=O)C(Cc1nc2ccccc2n1C)C(C)C. The monoisotopic (exact) mass is 274 g/mol. The second kappa shape index (κ2) is 6.07. The van der Waals surface area contributed by atoms with Crippen molar-refractivity contribution < 1.29 is 9.53 Å². The van der Waals surface area contributed by atoms with E-state index in [2.05, 4.69) is 9.55 Å². The van der Waals surface area contributed by atoms with E-state index in [-0.39, 0.29) is 17.8 Å². The molecule has 0 radical (unpaired) electrons. The number of para-hydroxylation sites is 2. The van der Waals surface area contributed by atoms with Crippen molar-refractivity contribution in [2.75, 3.05) is 6.61 Å². The number of ether oxygens (including phenoxy) is 1. The van der Waals surface area contributed by atoms with Crippen molar-refractivity contribution in [1.29, 1.82) is 0 Å². The molecule has 0 spiro atoms. The lowest BCUT2D eigenvalue weighted by atomic mass is 9.92. The number of aryl methyl sites for hydroxylation is 1. The van der Waals surface area contributed by atoms with Gasteiger partial charge in [0.2, 0.25) is 0 Å². The van der Waals surface area contributed by atoms with E-state index in [0.29, 0.717) is 13.0 Å². The molecule has 0 fully saturated rings. The number of carbonyl (C=O) groups excluding carboxylic acids is 1. The first-order chi connectivity index (χ1) is 9.54. The Labute approximate surface area is 119 Å². The zero-order valence-corrected chi connectivity index (χ0v) is 12.6. The Morgan fingerprint density at radius 1 is 1.35 bits per heavy atom. The highest BCUT2D eigenvalue weighted by molar-refractivity contribution is 5.76. The van der Waals surface area contributed by atoms with E-state index >= 15 is 0 Å². The zero-order valence-electron chi connectivity index (χ0n) is 12.6. The molecule has 2 rings (SSSR count). The summed E-state index contributed by atoms with van der Waals surface area (Å²) in [6.07, 6.45) is 0.613. The molecule has 4 nitrogen and oxygen atoms in total. The molecular formula is C16H22N2O2. The van der Waals surface area contributed by atoms with Crippen LogP contribution < -0.4 is 0 Å². The van der Waals surface area contributed by atoms with Gasteiger partial charge in [-0.25, -0.2) is 4.98 Å². The minimum absolute atomic E-state index is 0.130. The van der Waals surface area contributed by atoms with Gasteiger partial charge < -0.3 is 9.30 Å². The summed E-state index contributed by atoms with van der Waals surface area (Å²) in [4.78, 5) is 16.7. The van der Waals surface area contributed by atoms with Crippen LogP contribution >= 0.6 is 0 Å². The van der Waals surface area contributed by atoms with Crippen LogP contribution in [0.25, 0.3) is 11.0 Å². The molecule has 0 amide bonds. The first-order valence-corrected chi connectivity index (χ1v) is 7.11. The second-order valence-corrected chi connectivity index (χ2v) is 5.38. The summed E-state index contributed by atoms with van der Waals surface area (Å²) >= 11 is 0. The van der Waals surface area contributed by atoms with Gasteiger partial charge in [-0.3, -0.25) is 4.79 Å². The van der Waals surface area contributed by atoms with Crippen LogP contribution in [0.5, 0.6) is 0 Å². The third-order valence-corrected chi connectivity index (χ3v) is 3.68. The summed E-state index contributed by atoms with van der Waals surface area (Å²) in [5.41, 5.74) is 2.06. The van der Waals surface area contributed by atoms with E-state index in [4.69, 9.17) is 4.74 Å². The quantitative estimate of drug-likeness (QED) is 0.787. The van der Waals surface area contributed by atoms with Crippen LogP contribution in [-0.2, 0) is 23.0 Å². The summed E-state index contributed by atoms with van der Waals surface area (Å²) in [5, 5.41) is 0.